The number of phosphoric ester groups is 1. The monoisotopic (exact) mass is 931 g/mol. The second-order valence-corrected chi connectivity index (χ2v) is 20.0. The maximum atomic E-state index is 12.8. The molecule has 0 aromatic rings. The van der Waals surface area contributed by atoms with Crippen LogP contribution in [0.4, 0.5) is 0 Å². The van der Waals surface area contributed by atoms with E-state index in [1.165, 1.54) is 96.3 Å². The molecule has 2 atom stereocenters. The molecule has 0 rings (SSSR count). The Morgan fingerprint density at radius 2 is 0.892 bits per heavy atom. The van der Waals surface area contributed by atoms with Crippen LogP contribution in [0.1, 0.15) is 206 Å². The Bertz CT molecular complexity index is 1310. The number of allylic oxidation sites excluding steroid dienone is 14. The molecule has 0 heterocycles. The number of hydrogen-bond donors (Lipinski definition) is 1. The molecular weight excluding hydrogens is 830 g/mol. The van der Waals surface area contributed by atoms with Gasteiger partial charge in [0.15, 0.2) is 0 Å². The average molecular weight is 931 g/mol. The van der Waals surface area contributed by atoms with Crippen LogP contribution >= 0.6 is 7.82 Å². The van der Waals surface area contributed by atoms with Crippen molar-refractivity contribution in [3.05, 3.63) is 85.1 Å². The van der Waals surface area contributed by atoms with Crippen LogP contribution in [0.2, 0.25) is 0 Å². The van der Waals surface area contributed by atoms with E-state index in [4.69, 9.17) is 18.5 Å². The van der Waals surface area contributed by atoms with Gasteiger partial charge in [-0.2, -0.15) is 0 Å². The zero-order chi connectivity index (χ0) is 47.6. The summed E-state index contributed by atoms with van der Waals surface area (Å²) in [5, 5.41) is 0. The first-order chi connectivity index (χ1) is 31.6. The Kier molecular flexibility index (Phi) is 46.4. The highest BCUT2D eigenvalue weighted by Gasteiger charge is 2.26. The molecule has 0 aliphatic carbocycles. The molecule has 376 valence electrons. The molecular formula is C56H101NO7P+. The van der Waals surface area contributed by atoms with Crippen molar-refractivity contribution in [3.63, 3.8) is 0 Å². The molecule has 2 unspecified atom stereocenters. The summed E-state index contributed by atoms with van der Waals surface area (Å²) in [6.45, 7) is 5.43. The van der Waals surface area contributed by atoms with Crippen LogP contribution in [0.25, 0.3) is 0 Å². The molecule has 0 aromatic carbocycles. The first-order valence-electron chi connectivity index (χ1n) is 26.3. The highest BCUT2D eigenvalue weighted by atomic mass is 31.2. The van der Waals surface area contributed by atoms with Crippen molar-refractivity contribution in [2.45, 2.75) is 213 Å². The van der Waals surface area contributed by atoms with Crippen molar-refractivity contribution >= 4 is 13.8 Å². The molecule has 0 saturated carbocycles. The van der Waals surface area contributed by atoms with Crippen LogP contribution in [-0.4, -0.2) is 75.6 Å². The van der Waals surface area contributed by atoms with Crippen LogP contribution in [0.15, 0.2) is 85.1 Å². The molecule has 8 nitrogen and oxygen atoms in total. The number of carbonyl (C=O) groups is 1. The average Bonchev–Trinajstić information content (AvgIpc) is 3.27. The topological polar surface area (TPSA) is 91.3 Å². The normalized spacial score (nSPS) is 14.2. The first-order valence-corrected chi connectivity index (χ1v) is 27.8. The van der Waals surface area contributed by atoms with Gasteiger partial charge < -0.3 is 18.9 Å². The van der Waals surface area contributed by atoms with Crippen molar-refractivity contribution in [2.24, 2.45) is 0 Å². The van der Waals surface area contributed by atoms with Gasteiger partial charge in [-0.1, -0.05) is 195 Å². The number of esters is 1. The lowest BCUT2D eigenvalue weighted by Crippen LogP contribution is -2.37. The molecule has 65 heavy (non-hydrogen) atoms. The second kappa shape index (κ2) is 48.1. The van der Waals surface area contributed by atoms with E-state index in [2.05, 4.69) is 98.9 Å². The standard InChI is InChI=1S/C56H100NO7P/c1-6-8-10-12-14-16-18-20-22-24-26-28-29-30-31-33-35-37-39-41-43-45-47-49-56(58)64-55(54-63-65(59,60)62-52-50-57(3,4)5)53-61-51-48-46-44-42-40-38-36-34-32-27-25-23-21-19-17-15-13-11-9-7-2/h9,11,15,17-18,20-21,23-24,26-27,32,36,38,55H,6-8,10,12-14,16,19,22,25,28-31,33-35,37,39-54H2,1-5H3/p+1/b11-9-,17-15-,20-18-,23-21-,26-24-,32-27-,38-36-. The van der Waals surface area contributed by atoms with Gasteiger partial charge in [-0.15, -0.1) is 0 Å². The van der Waals surface area contributed by atoms with Crippen LogP contribution < -0.4 is 0 Å². The quantitative estimate of drug-likeness (QED) is 0.0214. The predicted octanol–water partition coefficient (Wildman–Crippen LogP) is 16.4. The molecule has 0 aromatic heterocycles. The minimum absolute atomic E-state index is 0.0787. The van der Waals surface area contributed by atoms with Crippen molar-refractivity contribution < 1.29 is 37.3 Å². The minimum Gasteiger partial charge on any atom is -0.457 e. The zero-order valence-electron chi connectivity index (χ0n) is 42.7. The Hall–Kier alpha value is -2.32. The van der Waals surface area contributed by atoms with Gasteiger partial charge in [0, 0.05) is 13.0 Å². The van der Waals surface area contributed by atoms with Gasteiger partial charge in [0.2, 0.25) is 0 Å². The number of unbranched alkanes of at least 4 members (excludes halogenated alkanes) is 20. The number of carbonyl (C=O) groups excluding carboxylic acids is 1. The highest BCUT2D eigenvalue weighted by Crippen LogP contribution is 2.43. The Balaban J connectivity index is 4.20. The van der Waals surface area contributed by atoms with Crippen molar-refractivity contribution in [1.29, 1.82) is 0 Å². The van der Waals surface area contributed by atoms with E-state index in [1.54, 1.807) is 0 Å². The second-order valence-electron chi connectivity index (χ2n) is 18.5. The van der Waals surface area contributed by atoms with Crippen molar-refractivity contribution in [3.8, 4) is 0 Å². The fourth-order valence-corrected chi connectivity index (χ4v) is 7.65. The molecule has 9 heteroatoms. The fraction of sp³-hybridized carbons (Fsp3) is 0.732. The molecule has 0 fully saturated rings. The molecule has 0 bridgehead atoms. The SMILES string of the molecule is CC/C=C\C/C=C\C/C=C\C/C=C\C/C=C\CCCCCCOCC(COP(=O)(O)OCC[N+](C)(C)C)OC(=O)CCCCCCCCCCCCC/C=C\C/C=C\CCCCCCC. The number of ether oxygens (including phenoxy) is 2. The number of likely N-dealkylation sites (N-methyl/N-ethyl adjacent to an activating group) is 1. The van der Waals surface area contributed by atoms with Crippen LogP contribution in [0, 0.1) is 0 Å². The summed E-state index contributed by atoms with van der Waals surface area (Å²) >= 11 is 0. The van der Waals surface area contributed by atoms with Crippen molar-refractivity contribution in [2.75, 3.05) is 54.1 Å². The third kappa shape index (κ3) is 52.5. The van der Waals surface area contributed by atoms with Crippen LogP contribution in [-0.2, 0) is 27.9 Å². The minimum atomic E-state index is -4.30. The van der Waals surface area contributed by atoms with Gasteiger partial charge >= 0.3 is 13.8 Å². The summed E-state index contributed by atoms with van der Waals surface area (Å²) in [6, 6.07) is 0. The van der Waals surface area contributed by atoms with E-state index >= 15 is 0 Å². The van der Waals surface area contributed by atoms with Crippen LogP contribution in [0.3, 0.4) is 0 Å². The van der Waals surface area contributed by atoms with E-state index in [-0.39, 0.29) is 25.8 Å². The maximum Gasteiger partial charge on any atom is 0.472 e. The summed E-state index contributed by atoms with van der Waals surface area (Å²) in [5.41, 5.74) is 0. The van der Waals surface area contributed by atoms with E-state index in [0.29, 0.717) is 24.1 Å². The largest absolute Gasteiger partial charge is 0.472 e. The Labute approximate surface area is 401 Å². The first kappa shape index (κ1) is 62.7. The summed E-state index contributed by atoms with van der Waals surface area (Å²) in [5.74, 6) is -0.327. The number of nitrogens with zero attached hydrogens (tertiary/aromatic N) is 1. The summed E-state index contributed by atoms with van der Waals surface area (Å²) in [6.07, 6.45) is 64.9. The summed E-state index contributed by atoms with van der Waals surface area (Å²) in [7, 11) is 1.64. The molecule has 0 saturated heterocycles. The highest BCUT2D eigenvalue weighted by molar-refractivity contribution is 7.47. The fourth-order valence-electron chi connectivity index (χ4n) is 6.90. The van der Waals surface area contributed by atoms with Crippen LogP contribution in [0.5, 0.6) is 0 Å². The van der Waals surface area contributed by atoms with Gasteiger partial charge in [-0.25, -0.2) is 4.57 Å². The molecule has 1 N–H and O–H groups in total. The van der Waals surface area contributed by atoms with Gasteiger partial charge in [-0.3, -0.25) is 13.8 Å². The predicted molar refractivity (Wildman–Crippen MR) is 279 cm³/mol. The van der Waals surface area contributed by atoms with E-state index < -0.39 is 13.9 Å². The number of quaternary nitrogens is 1. The van der Waals surface area contributed by atoms with E-state index in [1.807, 2.05) is 21.1 Å². The summed E-state index contributed by atoms with van der Waals surface area (Å²) < 4.78 is 35.1. The van der Waals surface area contributed by atoms with Gasteiger partial charge in [0.05, 0.1) is 34.4 Å². The van der Waals surface area contributed by atoms with Gasteiger partial charge in [0.1, 0.15) is 19.3 Å². The van der Waals surface area contributed by atoms with Gasteiger partial charge in [-0.05, 0) is 89.9 Å². The van der Waals surface area contributed by atoms with E-state index in [9.17, 15) is 14.3 Å². The third-order valence-electron chi connectivity index (χ3n) is 10.9. The number of phosphoric acid groups is 1. The number of hydrogen-bond acceptors (Lipinski definition) is 6. The lowest BCUT2D eigenvalue weighted by atomic mass is 10.0. The molecule has 0 aliphatic heterocycles. The molecule has 0 radical (unpaired) electrons. The zero-order valence-corrected chi connectivity index (χ0v) is 43.6. The molecule has 0 aliphatic rings. The Morgan fingerprint density at radius 3 is 1.34 bits per heavy atom. The van der Waals surface area contributed by atoms with E-state index in [0.717, 1.165) is 89.9 Å². The number of rotatable bonds is 48. The smallest absolute Gasteiger partial charge is 0.457 e. The lowest BCUT2D eigenvalue weighted by molar-refractivity contribution is -0.870. The lowest BCUT2D eigenvalue weighted by Gasteiger charge is -2.24. The molecule has 0 amide bonds. The molecule has 0 spiro atoms. The maximum absolute atomic E-state index is 12.8. The van der Waals surface area contributed by atoms with Gasteiger partial charge in [0.25, 0.3) is 0 Å². The summed E-state index contributed by atoms with van der Waals surface area (Å²) in [4.78, 5) is 23.0. The Morgan fingerprint density at radius 1 is 0.492 bits per heavy atom. The van der Waals surface area contributed by atoms with Crippen molar-refractivity contribution in [1.82, 2.24) is 0 Å². The third-order valence-corrected chi connectivity index (χ3v) is 11.9.